The van der Waals surface area contributed by atoms with Crippen LogP contribution in [-0.4, -0.2) is 42.4 Å². The first kappa shape index (κ1) is 28.2. The maximum Gasteiger partial charge on any atom is 0.184 e. The zero-order chi connectivity index (χ0) is 27.4. The van der Waals surface area contributed by atoms with Crippen molar-refractivity contribution in [1.29, 1.82) is 0 Å². The van der Waals surface area contributed by atoms with Crippen molar-refractivity contribution in [3.8, 4) is 0 Å². The van der Waals surface area contributed by atoms with E-state index >= 15 is 0 Å². The molecule has 0 spiro atoms. The van der Waals surface area contributed by atoms with Gasteiger partial charge in [0, 0.05) is 0 Å². The average Bonchev–Trinajstić information content (AvgIpc) is 3.01. The Balaban J connectivity index is 1.36. The van der Waals surface area contributed by atoms with Crippen LogP contribution in [0, 0.1) is 0 Å². The number of benzene rings is 4. The highest BCUT2D eigenvalue weighted by atomic mass is 16.7. The highest BCUT2D eigenvalue weighted by Crippen LogP contribution is 2.30. The van der Waals surface area contributed by atoms with Crippen LogP contribution in [0.4, 0.5) is 0 Å². The van der Waals surface area contributed by atoms with Crippen molar-refractivity contribution in [2.45, 2.75) is 57.1 Å². The van der Waals surface area contributed by atoms with E-state index in [4.69, 9.17) is 23.7 Å². The molecule has 4 aromatic carbocycles. The molecule has 0 amide bonds. The molecule has 5 rings (SSSR count). The van der Waals surface area contributed by atoms with E-state index < -0.39 is 30.7 Å². The average molecular weight is 541 g/mol. The summed E-state index contributed by atoms with van der Waals surface area (Å²) in [6, 6.07) is 39.7. The maximum atomic E-state index is 11.2. The number of hydrogen-bond donors (Lipinski definition) is 1. The predicted octanol–water partition coefficient (Wildman–Crippen LogP) is 5.68. The lowest BCUT2D eigenvalue weighted by Gasteiger charge is -2.44. The summed E-state index contributed by atoms with van der Waals surface area (Å²) in [5.74, 6) is 0. The molecule has 1 unspecified atom stereocenters. The van der Waals surface area contributed by atoms with Gasteiger partial charge >= 0.3 is 0 Å². The van der Waals surface area contributed by atoms with Crippen LogP contribution in [0.15, 0.2) is 121 Å². The van der Waals surface area contributed by atoms with Gasteiger partial charge in [-0.2, -0.15) is 0 Å². The Morgan fingerprint density at radius 1 is 0.475 bits per heavy atom. The first-order valence-corrected chi connectivity index (χ1v) is 13.7. The van der Waals surface area contributed by atoms with Gasteiger partial charge in [0.2, 0.25) is 0 Å². The Bertz CT molecular complexity index is 1240. The van der Waals surface area contributed by atoms with Gasteiger partial charge in [-0.1, -0.05) is 121 Å². The highest BCUT2D eigenvalue weighted by molar-refractivity contribution is 5.16. The summed E-state index contributed by atoms with van der Waals surface area (Å²) in [7, 11) is 0. The Morgan fingerprint density at radius 2 is 0.850 bits per heavy atom. The molecule has 4 aromatic rings. The largest absolute Gasteiger partial charge is 0.374 e. The minimum Gasteiger partial charge on any atom is -0.374 e. The molecule has 6 heteroatoms. The zero-order valence-electron chi connectivity index (χ0n) is 22.5. The van der Waals surface area contributed by atoms with Gasteiger partial charge in [0.25, 0.3) is 0 Å². The highest BCUT2D eigenvalue weighted by Gasteiger charge is 2.48. The molecule has 208 valence electrons. The quantitative estimate of drug-likeness (QED) is 0.236. The van der Waals surface area contributed by atoms with E-state index in [9.17, 15) is 5.11 Å². The summed E-state index contributed by atoms with van der Waals surface area (Å²) in [5, 5.41) is 11.2. The SMILES string of the molecule is O[C@@H]1OC(COCc2ccccc2)[C@@H](OCc2ccccc2)[C@H](OCc2ccccc2)[C@H]1OCc1ccccc1. The van der Waals surface area contributed by atoms with Gasteiger partial charge < -0.3 is 28.8 Å². The number of rotatable bonds is 13. The van der Waals surface area contributed by atoms with Gasteiger partial charge in [0.05, 0.1) is 33.0 Å². The first-order valence-electron chi connectivity index (χ1n) is 13.7. The van der Waals surface area contributed by atoms with Crippen LogP contribution in [0.5, 0.6) is 0 Å². The number of hydrogen-bond acceptors (Lipinski definition) is 6. The molecule has 40 heavy (non-hydrogen) atoms. The second-order valence-electron chi connectivity index (χ2n) is 9.85. The summed E-state index contributed by atoms with van der Waals surface area (Å²) < 4.78 is 31.4. The summed E-state index contributed by atoms with van der Waals surface area (Å²) in [4.78, 5) is 0. The third-order valence-electron chi connectivity index (χ3n) is 6.86. The van der Waals surface area contributed by atoms with E-state index in [1.807, 2.05) is 121 Å². The van der Waals surface area contributed by atoms with Crippen LogP contribution >= 0.6 is 0 Å². The molecule has 0 radical (unpaired) electrons. The van der Waals surface area contributed by atoms with Gasteiger partial charge in [-0.05, 0) is 22.3 Å². The molecule has 6 nitrogen and oxygen atoms in total. The Labute approximate surface area is 236 Å². The van der Waals surface area contributed by atoms with Gasteiger partial charge in [-0.3, -0.25) is 0 Å². The minimum atomic E-state index is -1.22. The Hall–Kier alpha value is -3.36. The Kier molecular flexibility index (Phi) is 10.5. The molecular formula is C34H36O6. The molecule has 1 aliphatic heterocycles. The lowest BCUT2D eigenvalue weighted by molar-refractivity contribution is -0.317. The van der Waals surface area contributed by atoms with Crippen molar-refractivity contribution < 1.29 is 28.8 Å². The monoisotopic (exact) mass is 540 g/mol. The molecule has 1 heterocycles. The van der Waals surface area contributed by atoms with Crippen LogP contribution in [0.2, 0.25) is 0 Å². The van der Waals surface area contributed by atoms with Crippen LogP contribution in [-0.2, 0) is 50.1 Å². The fraction of sp³-hybridized carbons (Fsp3) is 0.294. The fourth-order valence-corrected chi connectivity index (χ4v) is 4.77. The smallest absolute Gasteiger partial charge is 0.184 e. The van der Waals surface area contributed by atoms with Crippen molar-refractivity contribution in [1.82, 2.24) is 0 Å². The minimum absolute atomic E-state index is 0.224. The van der Waals surface area contributed by atoms with Gasteiger partial charge in [-0.25, -0.2) is 0 Å². The molecule has 0 aliphatic carbocycles. The lowest BCUT2D eigenvalue weighted by atomic mass is 9.98. The molecule has 0 aromatic heterocycles. The van der Waals surface area contributed by atoms with Crippen molar-refractivity contribution in [2.24, 2.45) is 0 Å². The molecule has 5 atom stereocenters. The number of ether oxygens (including phenoxy) is 5. The van der Waals surface area contributed by atoms with Gasteiger partial charge in [0.1, 0.15) is 24.4 Å². The van der Waals surface area contributed by atoms with E-state index in [2.05, 4.69) is 0 Å². The topological polar surface area (TPSA) is 66.4 Å². The predicted molar refractivity (Wildman–Crippen MR) is 152 cm³/mol. The first-order chi connectivity index (χ1) is 19.8. The van der Waals surface area contributed by atoms with Crippen molar-refractivity contribution in [2.75, 3.05) is 6.61 Å². The van der Waals surface area contributed by atoms with Crippen molar-refractivity contribution in [3.05, 3.63) is 144 Å². The molecule has 0 bridgehead atoms. The van der Waals surface area contributed by atoms with E-state index in [-0.39, 0.29) is 6.61 Å². The lowest BCUT2D eigenvalue weighted by Crippen LogP contribution is -2.61. The summed E-state index contributed by atoms with van der Waals surface area (Å²) >= 11 is 0. The zero-order valence-corrected chi connectivity index (χ0v) is 22.5. The van der Waals surface area contributed by atoms with Gasteiger partial charge in [-0.15, -0.1) is 0 Å². The third-order valence-corrected chi connectivity index (χ3v) is 6.86. The van der Waals surface area contributed by atoms with Gasteiger partial charge in [0.15, 0.2) is 6.29 Å². The second kappa shape index (κ2) is 14.9. The third kappa shape index (κ3) is 8.08. The maximum absolute atomic E-state index is 11.2. The van der Waals surface area contributed by atoms with Crippen LogP contribution in [0.1, 0.15) is 22.3 Å². The Morgan fingerprint density at radius 3 is 1.30 bits per heavy atom. The molecule has 1 N–H and O–H groups in total. The van der Waals surface area contributed by atoms with E-state index in [0.29, 0.717) is 26.4 Å². The van der Waals surface area contributed by atoms with Crippen LogP contribution in [0.25, 0.3) is 0 Å². The second-order valence-corrected chi connectivity index (χ2v) is 9.85. The molecule has 1 fully saturated rings. The van der Waals surface area contributed by atoms with E-state index in [1.165, 1.54) is 0 Å². The summed E-state index contributed by atoms with van der Waals surface area (Å²) in [6.45, 7) is 1.65. The summed E-state index contributed by atoms with van der Waals surface area (Å²) in [5.41, 5.74) is 4.10. The van der Waals surface area contributed by atoms with Crippen LogP contribution < -0.4 is 0 Å². The van der Waals surface area contributed by atoms with Crippen LogP contribution in [0.3, 0.4) is 0 Å². The molecular weight excluding hydrogens is 504 g/mol. The molecule has 1 saturated heterocycles. The number of aliphatic hydroxyl groups excluding tert-OH is 1. The molecule has 0 saturated carbocycles. The van der Waals surface area contributed by atoms with Crippen molar-refractivity contribution >= 4 is 0 Å². The standard InChI is InChI=1S/C34H36O6/c35-34-33(39-24-29-19-11-4-12-20-29)32(38-23-28-17-9-3-10-18-28)31(37-22-27-15-7-2-8-16-27)30(40-34)25-36-21-26-13-5-1-6-14-26/h1-20,30-35H,21-25H2/t30?,31-,32+,33-,34-/m1/s1. The fourth-order valence-electron chi connectivity index (χ4n) is 4.77. The normalized spacial score (nSPS) is 22.7. The van der Waals surface area contributed by atoms with E-state index in [1.54, 1.807) is 0 Å². The van der Waals surface area contributed by atoms with Crippen molar-refractivity contribution in [3.63, 3.8) is 0 Å². The van der Waals surface area contributed by atoms with E-state index in [0.717, 1.165) is 22.3 Å². The summed E-state index contributed by atoms with van der Waals surface area (Å²) in [6.07, 6.45) is -3.72. The number of aliphatic hydroxyl groups is 1. The molecule has 1 aliphatic rings.